The van der Waals surface area contributed by atoms with E-state index in [0.29, 0.717) is 17.2 Å². The Bertz CT molecular complexity index is 1090. The lowest BCUT2D eigenvalue weighted by atomic mass is 10.1. The number of esters is 1. The molecule has 8 heteroatoms. The predicted molar refractivity (Wildman–Crippen MR) is 111 cm³/mol. The second kappa shape index (κ2) is 9.16. The molecule has 0 aliphatic carbocycles. The summed E-state index contributed by atoms with van der Waals surface area (Å²) in [5, 5.41) is 0. The number of thiazole rings is 1. The first-order valence-corrected chi connectivity index (χ1v) is 10.3. The Morgan fingerprint density at radius 3 is 2.79 bits per heavy atom. The largest absolute Gasteiger partial charge is 0.497 e. The van der Waals surface area contributed by atoms with E-state index in [2.05, 4.69) is 20.9 Å². The minimum atomic E-state index is -0.369. The molecule has 0 saturated carbocycles. The van der Waals surface area contributed by atoms with Gasteiger partial charge in [-0.25, -0.2) is 0 Å². The molecule has 1 amide bonds. The Hall–Kier alpha value is -2.45. The third-order valence-corrected chi connectivity index (χ3v) is 5.48. The van der Waals surface area contributed by atoms with Crippen molar-refractivity contribution in [2.75, 3.05) is 13.7 Å². The maximum atomic E-state index is 12.5. The van der Waals surface area contributed by atoms with Crippen LogP contribution >= 0.6 is 27.3 Å². The number of amides is 1. The number of halogens is 1. The molecule has 0 aliphatic rings. The Labute approximate surface area is 174 Å². The summed E-state index contributed by atoms with van der Waals surface area (Å²) >= 11 is 4.80. The van der Waals surface area contributed by atoms with Crippen LogP contribution in [0.4, 0.5) is 0 Å². The zero-order valence-electron chi connectivity index (χ0n) is 15.5. The van der Waals surface area contributed by atoms with Crippen LogP contribution < -0.4 is 9.54 Å². The number of hydrogen-bond acceptors (Lipinski definition) is 5. The SMILES string of the molecule is CCOC(=O)Cn1c(=NC(=O)Cc2cccc(OC)c2)sc2cc(Br)ccc21. The van der Waals surface area contributed by atoms with Crippen molar-refractivity contribution in [3.63, 3.8) is 0 Å². The fourth-order valence-electron chi connectivity index (χ4n) is 2.72. The summed E-state index contributed by atoms with van der Waals surface area (Å²) in [5.41, 5.74) is 1.64. The van der Waals surface area contributed by atoms with Gasteiger partial charge < -0.3 is 14.0 Å². The average Bonchev–Trinajstić information content (AvgIpc) is 2.98. The van der Waals surface area contributed by atoms with E-state index in [1.807, 2.05) is 42.5 Å². The molecule has 0 saturated heterocycles. The summed E-state index contributed by atoms with van der Waals surface area (Å²) in [6.07, 6.45) is 0.147. The fraction of sp³-hybridized carbons (Fsp3) is 0.250. The Morgan fingerprint density at radius 2 is 2.04 bits per heavy atom. The molecule has 0 spiro atoms. The fourth-order valence-corrected chi connectivity index (χ4v) is 4.32. The Balaban J connectivity index is 1.97. The van der Waals surface area contributed by atoms with Crippen molar-refractivity contribution >= 4 is 49.4 Å². The average molecular weight is 463 g/mol. The normalized spacial score (nSPS) is 11.6. The van der Waals surface area contributed by atoms with Crippen LogP contribution in [0.3, 0.4) is 0 Å². The summed E-state index contributed by atoms with van der Waals surface area (Å²) in [4.78, 5) is 29.3. The number of nitrogens with zero attached hydrogens (tertiary/aromatic N) is 2. The highest BCUT2D eigenvalue weighted by atomic mass is 79.9. The van der Waals surface area contributed by atoms with Crippen LogP contribution in [0.25, 0.3) is 10.2 Å². The van der Waals surface area contributed by atoms with Crippen molar-refractivity contribution in [2.24, 2.45) is 4.99 Å². The molecular weight excluding hydrogens is 444 g/mol. The first kappa shape index (κ1) is 20.3. The van der Waals surface area contributed by atoms with Gasteiger partial charge in [0.1, 0.15) is 12.3 Å². The van der Waals surface area contributed by atoms with Crippen LogP contribution in [0.1, 0.15) is 12.5 Å². The van der Waals surface area contributed by atoms with Gasteiger partial charge in [-0.05, 0) is 42.8 Å². The third-order valence-electron chi connectivity index (χ3n) is 3.95. The van der Waals surface area contributed by atoms with E-state index in [1.54, 1.807) is 18.6 Å². The first-order valence-electron chi connectivity index (χ1n) is 8.65. The van der Waals surface area contributed by atoms with Crippen LogP contribution in [0, 0.1) is 0 Å². The molecule has 0 N–H and O–H groups in total. The maximum Gasteiger partial charge on any atom is 0.326 e. The van der Waals surface area contributed by atoms with Gasteiger partial charge in [-0.15, -0.1) is 0 Å². The van der Waals surface area contributed by atoms with Crippen LogP contribution in [-0.2, 0) is 27.3 Å². The van der Waals surface area contributed by atoms with E-state index < -0.39 is 0 Å². The number of carbonyl (C=O) groups is 2. The van der Waals surface area contributed by atoms with Gasteiger partial charge in [0.2, 0.25) is 0 Å². The van der Waals surface area contributed by atoms with Gasteiger partial charge in [-0.1, -0.05) is 39.4 Å². The number of methoxy groups -OCH3 is 1. The molecule has 0 unspecified atom stereocenters. The second-order valence-corrected chi connectivity index (χ2v) is 7.85. The van der Waals surface area contributed by atoms with Gasteiger partial charge in [0, 0.05) is 4.47 Å². The molecule has 146 valence electrons. The van der Waals surface area contributed by atoms with Gasteiger partial charge >= 0.3 is 5.97 Å². The monoisotopic (exact) mass is 462 g/mol. The lowest BCUT2D eigenvalue weighted by Crippen LogP contribution is -2.23. The molecule has 1 heterocycles. The summed E-state index contributed by atoms with van der Waals surface area (Å²) in [7, 11) is 1.58. The molecule has 0 aliphatic heterocycles. The predicted octanol–water partition coefficient (Wildman–Crippen LogP) is 3.71. The highest BCUT2D eigenvalue weighted by molar-refractivity contribution is 9.10. The van der Waals surface area contributed by atoms with Gasteiger partial charge in [0.25, 0.3) is 5.91 Å². The number of carbonyl (C=O) groups excluding carboxylic acids is 2. The Morgan fingerprint density at radius 1 is 1.21 bits per heavy atom. The minimum Gasteiger partial charge on any atom is -0.497 e. The molecular formula is C20H19BrN2O4S. The number of hydrogen-bond donors (Lipinski definition) is 0. The molecule has 0 fully saturated rings. The summed E-state index contributed by atoms with van der Waals surface area (Å²) in [6.45, 7) is 2.06. The van der Waals surface area contributed by atoms with Gasteiger partial charge in [-0.2, -0.15) is 4.99 Å². The van der Waals surface area contributed by atoms with E-state index in [4.69, 9.17) is 9.47 Å². The van der Waals surface area contributed by atoms with Crippen molar-refractivity contribution in [3.05, 3.63) is 57.3 Å². The highest BCUT2D eigenvalue weighted by Crippen LogP contribution is 2.22. The number of ether oxygens (including phenoxy) is 2. The van der Waals surface area contributed by atoms with Crippen molar-refractivity contribution < 1.29 is 19.1 Å². The number of benzene rings is 2. The van der Waals surface area contributed by atoms with Crippen LogP contribution in [0.15, 0.2) is 51.9 Å². The molecule has 2 aromatic carbocycles. The van der Waals surface area contributed by atoms with Crippen LogP contribution in [-0.4, -0.2) is 30.2 Å². The number of rotatable bonds is 6. The van der Waals surface area contributed by atoms with Crippen molar-refractivity contribution in [1.29, 1.82) is 0 Å². The van der Waals surface area contributed by atoms with E-state index in [9.17, 15) is 9.59 Å². The summed E-state index contributed by atoms with van der Waals surface area (Å²) < 4.78 is 13.8. The molecule has 3 aromatic rings. The number of fused-ring (bicyclic) bond motifs is 1. The van der Waals surface area contributed by atoms with Crippen molar-refractivity contribution in [2.45, 2.75) is 19.9 Å². The Kier molecular flexibility index (Phi) is 6.64. The van der Waals surface area contributed by atoms with Crippen molar-refractivity contribution in [1.82, 2.24) is 4.57 Å². The van der Waals surface area contributed by atoms with Crippen LogP contribution in [0.5, 0.6) is 5.75 Å². The third kappa shape index (κ3) is 4.88. The number of aromatic nitrogens is 1. The van der Waals surface area contributed by atoms with E-state index >= 15 is 0 Å². The minimum absolute atomic E-state index is 0.000740. The van der Waals surface area contributed by atoms with E-state index in [-0.39, 0.29) is 24.8 Å². The molecule has 0 atom stereocenters. The molecule has 3 rings (SSSR count). The molecule has 6 nitrogen and oxygen atoms in total. The molecule has 28 heavy (non-hydrogen) atoms. The van der Waals surface area contributed by atoms with Crippen LogP contribution in [0.2, 0.25) is 0 Å². The van der Waals surface area contributed by atoms with Gasteiger partial charge in [-0.3, -0.25) is 9.59 Å². The molecule has 0 bridgehead atoms. The quantitative estimate of drug-likeness (QED) is 0.523. The van der Waals surface area contributed by atoms with Gasteiger partial charge in [0.05, 0.1) is 30.4 Å². The topological polar surface area (TPSA) is 69.9 Å². The zero-order valence-corrected chi connectivity index (χ0v) is 17.9. The lowest BCUT2D eigenvalue weighted by molar-refractivity contribution is -0.143. The zero-order chi connectivity index (χ0) is 20.1. The summed E-state index contributed by atoms with van der Waals surface area (Å²) in [5.74, 6) is 0.0256. The highest BCUT2D eigenvalue weighted by Gasteiger charge is 2.13. The van der Waals surface area contributed by atoms with Crippen molar-refractivity contribution in [3.8, 4) is 5.75 Å². The molecule has 0 radical (unpaired) electrons. The maximum absolute atomic E-state index is 12.5. The second-order valence-electron chi connectivity index (χ2n) is 5.92. The summed E-state index contributed by atoms with van der Waals surface area (Å²) in [6, 6.07) is 13.0. The van der Waals surface area contributed by atoms with E-state index in [0.717, 1.165) is 20.3 Å². The smallest absolute Gasteiger partial charge is 0.326 e. The standard InChI is InChI=1S/C20H19BrN2O4S/c1-3-27-19(25)12-23-16-8-7-14(21)11-17(16)28-20(23)22-18(24)10-13-5-4-6-15(9-13)26-2/h4-9,11H,3,10,12H2,1-2H3. The van der Waals surface area contributed by atoms with E-state index in [1.165, 1.54) is 11.3 Å². The van der Waals surface area contributed by atoms with Gasteiger partial charge in [0.15, 0.2) is 4.80 Å². The molecule has 1 aromatic heterocycles. The lowest BCUT2D eigenvalue weighted by Gasteiger charge is -2.05. The first-order chi connectivity index (χ1) is 13.5.